The van der Waals surface area contributed by atoms with Crippen LogP contribution in [-0.4, -0.2) is 18.5 Å². The number of carbonyl (C=O) groups excluding carboxylic acids is 2. The summed E-state index contributed by atoms with van der Waals surface area (Å²) in [5.41, 5.74) is 2.11. The Labute approximate surface area is 154 Å². The Hall–Kier alpha value is -2.43. The number of hydrogen-bond acceptors (Lipinski definition) is 6. The first-order chi connectivity index (χ1) is 11.9. The molecule has 7 heteroatoms. The summed E-state index contributed by atoms with van der Waals surface area (Å²) in [4.78, 5) is 26.4. The van der Waals surface area contributed by atoms with Gasteiger partial charge in [-0.05, 0) is 56.3 Å². The molecule has 0 atom stereocenters. The van der Waals surface area contributed by atoms with Gasteiger partial charge in [0.05, 0.1) is 12.2 Å². The van der Waals surface area contributed by atoms with E-state index < -0.39 is 11.9 Å². The Morgan fingerprint density at radius 1 is 1.36 bits per heavy atom. The molecule has 2 heterocycles. The second kappa shape index (κ2) is 8.10. The molecule has 0 aliphatic rings. The lowest BCUT2D eigenvalue weighted by Gasteiger charge is -2.06. The summed E-state index contributed by atoms with van der Waals surface area (Å²) in [5.74, 6) is -1.02. The molecule has 130 valence electrons. The van der Waals surface area contributed by atoms with Crippen LogP contribution in [0.25, 0.3) is 6.08 Å². The van der Waals surface area contributed by atoms with Gasteiger partial charge >= 0.3 is 5.97 Å². The van der Waals surface area contributed by atoms with Crippen LogP contribution in [0.5, 0.6) is 0 Å². The number of thiophene rings is 2. The van der Waals surface area contributed by atoms with Gasteiger partial charge < -0.3 is 10.1 Å². The summed E-state index contributed by atoms with van der Waals surface area (Å²) < 4.78 is 5.07. The third-order valence-electron chi connectivity index (χ3n) is 3.63. The molecule has 5 nitrogen and oxygen atoms in total. The Balaban J connectivity index is 2.33. The van der Waals surface area contributed by atoms with E-state index in [4.69, 9.17) is 4.74 Å². The maximum atomic E-state index is 12.5. The van der Waals surface area contributed by atoms with Crippen molar-refractivity contribution in [1.82, 2.24) is 0 Å². The fourth-order valence-corrected chi connectivity index (χ4v) is 4.05. The van der Waals surface area contributed by atoms with E-state index in [1.54, 1.807) is 13.0 Å². The van der Waals surface area contributed by atoms with Crippen molar-refractivity contribution in [2.45, 2.75) is 27.7 Å². The van der Waals surface area contributed by atoms with Crippen molar-refractivity contribution in [3.05, 3.63) is 43.5 Å². The minimum atomic E-state index is -0.540. The van der Waals surface area contributed by atoms with E-state index in [0.29, 0.717) is 10.6 Å². The Bertz CT molecular complexity index is 885. The molecule has 2 aromatic heterocycles. The van der Waals surface area contributed by atoms with Crippen LogP contribution in [0.3, 0.4) is 0 Å². The summed E-state index contributed by atoms with van der Waals surface area (Å²) in [6, 6.07) is 3.85. The van der Waals surface area contributed by atoms with E-state index in [2.05, 4.69) is 5.32 Å². The quantitative estimate of drug-likeness (QED) is 0.476. The number of anilines is 1. The maximum absolute atomic E-state index is 12.5. The summed E-state index contributed by atoms with van der Waals surface area (Å²) in [5, 5.41) is 14.3. The van der Waals surface area contributed by atoms with Crippen LogP contribution >= 0.6 is 22.7 Å². The van der Waals surface area contributed by atoms with Gasteiger partial charge in [-0.25, -0.2) is 4.79 Å². The van der Waals surface area contributed by atoms with Gasteiger partial charge in [-0.15, -0.1) is 22.7 Å². The molecule has 0 saturated carbocycles. The van der Waals surface area contributed by atoms with E-state index in [0.717, 1.165) is 20.9 Å². The van der Waals surface area contributed by atoms with Crippen molar-refractivity contribution in [3.8, 4) is 6.07 Å². The summed E-state index contributed by atoms with van der Waals surface area (Å²) in [7, 11) is 0. The first-order valence-electron chi connectivity index (χ1n) is 7.63. The van der Waals surface area contributed by atoms with Crippen LogP contribution < -0.4 is 5.32 Å². The van der Waals surface area contributed by atoms with Gasteiger partial charge in [0.25, 0.3) is 5.91 Å². The lowest BCUT2D eigenvalue weighted by Crippen LogP contribution is -2.16. The molecule has 0 saturated heterocycles. The largest absolute Gasteiger partial charge is 0.462 e. The average Bonchev–Trinajstić information content (AvgIpc) is 3.08. The van der Waals surface area contributed by atoms with Gasteiger partial charge in [-0.3, -0.25) is 4.79 Å². The molecule has 25 heavy (non-hydrogen) atoms. The molecular weight excluding hydrogens is 356 g/mol. The number of nitrogens with one attached hydrogen (secondary N) is 1. The number of aryl methyl sites for hydroxylation is 2. The first-order valence-corrected chi connectivity index (χ1v) is 9.33. The van der Waals surface area contributed by atoms with Crippen molar-refractivity contribution in [3.63, 3.8) is 0 Å². The maximum Gasteiger partial charge on any atom is 0.341 e. The smallest absolute Gasteiger partial charge is 0.341 e. The molecule has 1 N–H and O–H groups in total. The number of nitriles is 1. The fraction of sp³-hybridized carbons (Fsp3) is 0.278. The van der Waals surface area contributed by atoms with E-state index in [9.17, 15) is 14.9 Å². The van der Waals surface area contributed by atoms with E-state index in [1.807, 2.05) is 38.3 Å². The Morgan fingerprint density at radius 3 is 2.64 bits per heavy atom. The highest BCUT2D eigenvalue weighted by Gasteiger charge is 2.23. The van der Waals surface area contributed by atoms with Crippen LogP contribution in [0.4, 0.5) is 5.00 Å². The highest BCUT2D eigenvalue weighted by atomic mass is 32.1. The third kappa shape index (κ3) is 4.16. The second-order valence-corrected chi connectivity index (χ2v) is 7.47. The van der Waals surface area contributed by atoms with Gasteiger partial charge in [0.1, 0.15) is 16.6 Å². The zero-order valence-electron chi connectivity index (χ0n) is 14.4. The highest BCUT2D eigenvalue weighted by Crippen LogP contribution is 2.33. The molecule has 0 bridgehead atoms. The molecule has 1 amide bonds. The van der Waals surface area contributed by atoms with E-state index in [-0.39, 0.29) is 12.2 Å². The fourth-order valence-electron chi connectivity index (χ4n) is 2.15. The third-order valence-corrected chi connectivity index (χ3v) is 5.72. The van der Waals surface area contributed by atoms with E-state index in [1.165, 1.54) is 22.7 Å². The van der Waals surface area contributed by atoms with Crippen molar-refractivity contribution < 1.29 is 14.3 Å². The topological polar surface area (TPSA) is 79.2 Å². The van der Waals surface area contributed by atoms with Crippen LogP contribution in [0.2, 0.25) is 0 Å². The predicted octanol–water partition coefficient (Wildman–Crippen LogP) is 4.46. The first kappa shape index (κ1) is 18.9. The van der Waals surface area contributed by atoms with Gasteiger partial charge in [0, 0.05) is 9.75 Å². The van der Waals surface area contributed by atoms with Crippen LogP contribution in [0.1, 0.15) is 38.2 Å². The average molecular weight is 374 g/mol. The number of nitrogens with zero attached hydrogens (tertiary/aromatic N) is 1. The summed E-state index contributed by atoms with van der Waals surface area (Å²) in [6.07, 6.45) is 1.56. The molecule has 0 aliphatic carbocycles. The van der Waals surface area contributed by atoms with Gasteiger partial charge in [0.15, 0.2) is 0 Å². The van der Waals surface area contributed by atoms with Crippen molar-refractivity contribution in [2.75, 3.05) is 11.9 Å². The number of esters is 1. The standard InChI is InChI=1S/C18H18N2O3S2/c1-5-23-18(22)15-11(3)12(4)25-17(15)20-16(21)13(9-19)8-14-10(2)6-7-24-14/h6-8H,5H2,1-4H3,(H,20,21)/b13-8+. The number of carbonyl (C=O) groups is 2. The summed E-state index contributed by atoms with van der Waals surface area (Å²) >= 11 is 2.75. The highest BCUT2D eigenvalue weighted by molar-refractivity contribution is 7.16. The zero-order chi connectivity index (χ0) is 18.6. The SMILES string of the molecule is CCOC(=O)c1c(NC(=O)/C(C#N)=C/c2sccc2C)sc(C)c1C. The normalized spacial score (nSPS) is 11.1. The molecule has 0 radical (unpaired) electrons. The van der Waals surface area contributed by atoms with Gasteiger partial charge in [-0.1, -0.05) is 0 Å². The lowest BCUT2D eigenvalue weighted by atomic mass is 10.1. The van der Waals surface area contributed by atoms with Crippen molar-refractivity contribution >= 4 is 45.6 Å². The second-order valence-electron chi connectivity index (χ2n) is 5.30. The lowest BCUT2D eigenvalue weighted by molar-refractivity contribution is -0.112. The van der Waals surface area contributed by atoms with Crippen molar-refractivity contribution in [1.29, 1.82) is 5.26 Å². The molecule has 0 aromatic carbocycles. The number of rotatable bonds is 5. The minimum Gasteiger partial charge on any atom is -0.462 e. The molecule has 0 fully saturated rings. The molecule has 0 spiro atoms. The summed E-state index contributed by atoms with van der Waals surface area (Å²) in [6.45, 7) is 7.57. The Morgan fingerprint density at radius 2 is 2.08 bits per heavy atom. The number of hydrogen-bond donors (Lipinski definition) is 1. The molecule has 2 rings (SSSR count). The molecule has 0 aliphatic heterocycles. The molecule has 0 unspecified atom stereocenters. The van der Waals surface area contributed by atoms with Crippen LogP contribution in [0.15, 0.2) is 17.0 Å². The van der Waals surface area contributed by atoms with E-state index >= 15 is 0 Å². The van der Waals surface area contributed by atoms with Crippen molar-refractivity contribution in [2.24, 2.45) is 0 Å². The predicted molar refractivity (Wildman–Crippen MR) is 101 cm³/mol. The molecular formula is C18H18N2O3S2. The number of amides is 1. The number of ether oxygens (including phenoxy) is 1. The zero-order valence-corrected chi connectivity index (χ0v) is 16.1. The Kier molecular flexibility index (Phi) is 6.12. The minimum absolute atomic E-state index is 0.0101. The van der Waals surface area contributed by atoms with Gasteiger partial charge in [-0.2, -0.15) is 5.26 Å². The monoisotopic (exact) mass is 374 g/mol. The van der Waals surface area contributed by atoms with Crippen LogP contribution in [0, 0.1) is 32.1 Å². The van der Waals surface area contributed by atoms with Crippen LogP contribution in [-0.2, 0) is 9.53 Å². The van der Waals surface area contributed by atoms with Gasteiger partial charge in [0.2, 0.25) is 0 Å². The molecule has 2 aromatic rings.